The molecule has 0 aliphatic rings. The van der Waals surface area contributed by atoms with Crippen LogP contribution in [0.2, 0.25) is 0 Å². The molecule has 0 amide bonds. The van der Waals surface area contributed by atoms with Gasteiger partial charge in [-0.25, -0.2) is 0 Å². The number of rotatable bonds is 6. The minimum Gasteiger partial charge on any atom is -0.491 e. The van der Waals surface area contributed by atoms with Crippen LogP contribution in [0.25, 0.3) is 10.9 Å². The molecule has 0 aliphatic carbocycles. The van der Waals surface area contributed by atoms with Gasteiger partial charge in [-0.1, -0.05) is 6.92 Å². The van der Waals surface area contributed by atoms with Gasteiger partial charge in [-0.05, 0) is 64.9 Å². The number of aromatic nitrogens is 1. The van der Waals surface area contributed by atoms with Gasteiger partial charge in [0.05, 0.1) is 6.10 Å². The zero-order chi connectivity index (χ0) is 15.6. The van der Waals surface area contributed by atoms with Crippen molar-refractivity contribution in [3.05, 3.63) is 29.5 Å². The summed E-state index contributed by atoms with van der Waals surface area (Å²) in [4.78, 5) is 0. The summed E-state index contributed by atoms with van der Waals surface area (Å²) in [6.45, 7) is 11.8. The fourth-order valence-corrected chi connectivity index (χ4v) is 2.94. The number of hydrogen-bond donors (Lipinski definition) is 1. The van der Waals surface area contributed by atoms with Crippen molar-refractivity contribution in [2.75, 3.05) is 7.05 Å². The lowest BCUT2D eigenvalue weighted by Crippen LogP contribution is -2.09. The predicted octanol–water partition coefficient (Wildman–Crippen LogP) is 4.43. The monoisotopic (exact) mass is 288 g/mol. The van der Waals surface area contributed by atoms with E-state index in [0.29, 0.717) is 6.04 Å². The Bertz CT molecular complexity index is 613. The van der Waals surface area contributed by atoms with Crippen LogP contribution < -0.4 is 10.1 Å². The van der Waals surface area contributed by atoms with Gasteiger partial charge in [0.15, 0.2) is 0 Å². The molecule has 1 heterocycles. The molecule has 116 valence electrons. The van der Waals surface area contributed by atoms with Gasteiger partial charge in [-0.15, -0.1) is 0 Å². The van der Waals surface area contributed by atoms with E-state index < -0.39 is 0 Å². The maximum atomic E-state index is 5.98. The van der Waals surface area contributed by atoms with Crippen LogP contribution in [0.5, 0.6) is 5.75 Å². The number of benzene rings is 1. The van der Waals surface area contributed by atoms with Crippen LogP contribution in [0.1, 0.15) is 51.4 Å². The van der Waals surface area contributed by atoms with E-state index in [1.165, 1.54) is 22.2 Å². The molecule has 0 unspecified atom stereocenters. The van der Waals surface area contributed by atoms with E-state index in [1.807, 2.05) is 7.05 Å². The van der Waals surface area contributed by atoms with Crippen LogP contribution in [-0.4, -0.2) is 17.7 Å². The Labute approximate surface area is 128 Å². The van der Waals surface area contributed by atoms with Gasteiger partial charge in [0.2, 0.25) is 0 Å². The van der Waals surface area contributed by atoms with Gasteiger partial charge in [0, 0.05) is 29.2 Å². The molecule has 2 aromatic rings. The largest absolute Gasteiger partial charge is 0.491 e. The minimum atomic E-state index is 0.253. The molecule has 3 heteroatoms. The van der Waals surface area contributed by atoms with Gasteiger partial charge >= 0.3 is 0 Å². The molecule has 0 saturated carbocycles. The van der Waals surface area contributed by atoms with Crippen LogP contribution in [0.4, 0.5) is 0 Å². The van der Waals surface area contributed by atoms with Crippen LogP contribution in [0.15, 0.2) is 18.2 Å². The molecule has 21 heavy (non-hydrogen) atoms. The quantitative estimate of drug-likeness (QED) is 0.851. The third-order valence-electron chi connectivity index (χ3n) is 4.13. The van der Waals surface area contributed by atoms with Crippen LogP contribution in [-0.2, 0) is 6.54 Å². The van der Waals surface area contributed by atoms with E-state index in [1.54, 1.807) is 0 Å². The van der Waals surface area contributed by atoms with Crippen molar-refractivity contribution >= 4 is 10.9 Å². The second-order valence-electron chi connectivity index (χ2n) is 6.07. The van der Waals surface area contributed by atoms with Crippen molar-refractivity contribution in [3.8, 4) is 5.75 Å². The van der Waals surface area contributed by atoms with Crippen molar-refractivity contribution < 1.29 is 4.74 Å². The Hall–Kier alpha value is -1.48. The molecular formula is C18H28N2O. The Morgan fingerprint density at radius 2 is 1.95 bits per heavy atom. The number of nitrogens with zero attached hydrogens (tertiary/aromatic N) is 1. The first-order chi connectivity index (χ1) is 9.99. The van der Waals surface area contributed by atoms with E-state index in [2.05, 4.69) is 62.7 Å². The normalized spacial score (nSPS) is 13.1. The number of ether oxygens (including phenoxy) is 1. The standard InChI is InChI=1S/C18H28N2O/c1-7-13(4)21-15-8-9-18-16(10-15)17(11-19-6)14(5)20(18)12(2)3/h8-10,12-13,19H,7,11H2,1-6H3/t13-/m1/s1. The number of hydrogen-bond acceptors (Lipinski definition) is 2. The van der Waals surface area contributed by atoms with Gasteiger partial charge in [-0.2, -0.15) is 0 Å². The van der Waals surface area contributed by atoms with E-state index in [0.717, 1.165) is 18.7 Å². The second kappa shape index (κ2) is 6.52. The molecule has 0 radical (unpaired) electrons. The third-order valence-corrected chi connectivity index (χ3v) is 4.13. The summed E-state index contributed by atoms with van der Waals surface area (Å²) in [5.41, 5.74) is 4.01. The van der Waals surface area contributed by atoms with Crippen molar-refractivity contribution in [3.63, 3.8) is 0 Å². The van der Waals surface area contributed by atoms with Gasteiger partial charge in [0.25, 0.3) is 0 Å². The van der Waals surface area contributed by atoms with Crippen LogP contribution in [0.3, 0.4) is 0 Å². The Balaban J connectivity index is 2.56. The molecule has 2 rings (SSSR count). The molecule has 0 fully saturated rings. The van der Waals surface area contributed by atoms with E-state index in [-0.39, 0.29) is 6.10 Å². The average molecular weight is 288 g/mol. The first kappa shape index (κ1) is 15.9. The van der Waals surface area contributed by atoms with Crippen molar-refractivity contribution in [1.29, 1.82) is 0 Å². The Morgan fingerprint density at radius 1 is 1.24 bits per heavy atom. The van der Waals surface area contributed by atoms with Gasteiger partial charge < -0.3 is 14.6 Å². The number of fused-ring (bicyclic) bond motifs is 1. The van der Waals surface area contributed by atoms with Crippen molar-refractivity contribution in [2.45, 2.75) is 59.7 Å². The zero-order valence-corrected chi connectivity index (χ0v) is 14.2. The predicted molar refractivity (Wildman–Crippen MR) is 90.2 cm³/mol. The minimum absolute atomic E-state index is 0.253. The summed E-state index contributed by atoms with van der Waals surface area (Å²) in [6, 6.07) is 6.94. The zero-order valence-electron chi connectivity index (χ0n) is 14.2. The molecule has 0 spiro atoms. The molecule has 0 saturated heterocycles. The fraction of sp³-hybridized carbons (Fsp3) is 0.556. The molecule has 1 N–H and O–H groups in total. The molecule has 3 nitrogen and oxygen atoms in total. The molecule has 0 aliphatic heterocycles. The molecule has 1 aromatic heterocycles. The lowest BCUT2D eigenvalue weighted by atomic mass is 10.1. The number of nitrogens with one attached hydrogen (secondary N) is 1. The summed E-state index contributed by atoms with van der Waals surface area (Å²) in [5.74, 6) is 0.968. The molecule has 0 bridgehead atoms. The molecular weight excluding hydrogens is 260 g/mol. The van der Waals surface area contributed by atoms with Crippen LogP contribution >= 0.6 is 0 Å². The van der Waals surface area contributed by atoms with E-state index >= 15 is 0 Å². The Kier molecular flexibility index (Phi) is 4.94. The topological polar surface area (TPSA) is 26.2 Å². The lowest BCUT2D eigenvalue weighted by molar-refractivity contribution is 0.217. The molecule has 1 aromatic carbocycles. The summed E-state index contributed by atoms with van der Waals surface area (Å²) >= 11 is 0. The highest BCUT2D eigenvalue weighted by molar-refractivity contribution is 5.87. The van der Waals surface area contributed by atoms with Gasteiger partial charge in [0.1, 0.15) is 5.75 Å². The first-order valence-electron chi connectivity index (χ1n) is 7.94. The van der Waals surface area contributed by atoms with E-state index in [9.17, 15) is 0 Å². The van der Waals surface area contributed by atoms with Gasteiger partial charge in [-0.3, -0.25) is 0 Å². The third kappa shape index (κ3) is 3.08. The maximum Gasteiger partial charge on any atom is 0.120 e. The molecule has 1 atom stereocenters. The summed E-state index contributed by atoms with van der Waals surface area (Å²) in [5, 5.41) is 4.59. The first-order valence-corrected chi connectivity index (χ1v) is 7.94. The van der Waals surface area contributed by atoms with E-state index in [4.69, 9.17) is 4.74 Å². The lowest BCUT2D eigenvalue weighted by Gasteiger charge is -2.14. The smallest absolute Gasteiger partial charge is 0.120 e. The van der Waals surface area contributed by atoms with Crippen LogP contribution in [0, 0.1) is 6.92 Å². The summed E-state index contributed by atoms with van der Waals surface area (Å²) < 4.78 is 8.40. The SMILES string of the molecule is CC[C@@H](C)Oc1ccc2c(c1)c(CNC)c(C)n2C(C)C. The van der Waals surface area contributed by atoms with Crippen molar-refractivity contribution in [2.24, 2.45) is 0 Å². The highest BCUT2D eigenvalue weighted by Crippen LogP contribution is 2.32. The highest BCUT2D eigenvalue weighted by atomic mass is 16.5. The summed E-state index contributed by atoms with van der Waals surface area (Å²) in [6.07, 6.45) is 1.27. The maximum absolute atomic E-state index is 5.98. The summed E-state index contributed by atoms with van der Waals surface area (Å²) in [7, 11) is 2.00. The van der Waals surface area contributed by atoms with Crippen molar-refractivity contribution in [1.82, 2.24) is 9.88 Å². The fourth-order valence-electron chi connectivity index (χ4n) is 2.94. The second-order valence-corrected chi connectivity index (χ2v) is 6.07. The Morgan fingerprint density at radius 3 is 2.52 bits per heavy atom. The average Bonchev–Trinajstić information content (AvgIpc) is 2.72. The highest BCUT2D eigenvalue weighted by Gasteiger charge is 2.16.